The number of rotatable bonds is 10. The molecule has 2 unspecified atom stereocenters. The van der Waals surface area contributed by atoms with Gasteiger partial charge in [0, 0.05) is 25.9 Å². The third-order valence-corrected chi connectivity index (χ3v) is 8.59. The summed E-state index contributed by atoms with van der Waals surface area (Å²) in [6.07, 6.45) is 0.106. The number of aliphatic hydroxyl groups excluding tert-OH is 1. The Balaban J connectivity index is 1.51. The van der Waals surface area contributed by atoms with Crippen LogP contribution in [-0.2, 0) is 16.1 Å². The van der Waals surface area contributed by atoms with Crippen molar-refractivity contribution in [2.75, 3.05) is 32.9 Å². The summed E-state index contributed by atoms with van der Waals surface area (Å²) in [5.41, 5.74) is 1.93. The van der Waals surface area contributed by atoms with Crippen molar-refractivity contribution in [2.45, 2.75) is 50.7 Å². The summed E-state index contributed by atoms with van der Waals surface area (Å²) < 4.78 is 31.5. The van der Waals surface area contributed by atoms with Crippen LogP contribution in [0.25, 0.3) is 10.8 Å². The number of amides is 1. The zero-order chi connectivity index (χ0) is 27.1. The summed E-state index contributed by atoms with van der Waals surface area (Å²) >= 11 is 0. The number of aliphatic hydroxyl groups is 1. The summed E-state index contributed by atoms with van der Waals surface area (Å²) in [4.78, 5) is 14.6. The molecule has 0 aromatic heterocycles. The van der Waals surface area contributed by atoms with Crippen molar-refractivity contribution in [3.8, 4) is 5.75 Å². The number of fused-ring (bicyclic) bond motifs is 1. The molecule has 0 radical (unpaired) electrons. The minimum absolute atomic E-state index is 0.0206. The van der Waals surface area contributed by atoms with E-state index in [0.717, 1.165) is 27.9 Å². The minimum Gasteiger partial charge on any atom is -0.491 e. The number of nitrogens with zero attached hydrogens (tertiary/aromatic N) is 1. The van der Waals surface area contributed by atoms with Crippen molar-refractivity contribution < 1.29 is 28.5 Å². The molecule has 0 bridgehead atoms. The molecule has 3 aromatic carbocycles. The molecule has 1 N–H and O–H groups in total. The number of carbonyl (C=O) groups excluding carboxylic acids is 1. The second-order valence-corrected chi connectivity index (χ2v) is 16.7. The fourth-order valence-electron chi connectivity index (χ4n) is 4.77. The highest BCUT2D eigenvalue weighted by Crippen LogP contribution is 2.33. The number of halogens is 1. The first-order chi connectivity index (χ1) is 18.2. The Labute approximate surface area is 225 Å². The second-order valence-electron chi connectivity index (χ2n) is 11.1. The molecule has 1 saturated heterocycles. The third-order valence-electron chi connectivity index (χ3n) is 6.89. The van der Waals surface area contributed by atoms with E-state index in [1.54, 1.807) is 17.0 Å². The lowest BCUT2D eigenvalue weighted by molar-refractivity contribution is -0.0234. The maximum absolute atomic E-state index is 13.6. The largest absolute Gasteiger partial charge is 0.491 e. The average molecular weight is 540 g/mol. The van der Waals surface area contributed by atoms with Gasteiger partial charge in [-0.05, 0) is 53.2 Å². The first-order valence-corrected chi connectivity index (χ1v) is 17.0. The summed E-state index contributed by atoms with van der Waals surface area (Å²) in [5, 5.41) is 11.2. The highest BCUT2D eigenvalue weighted by molar-refractivity contribution is 6.76. The van der Waals surface area contributed by atoms with Crippen LogP contribution in [0.3, 0.4) is 0 Å². The van der Waals surface area contributed by atoms with Gasteiger partial charge >= 0.3 is 6.09 Å². The summed E-state index contributed by atoms with van der Waals surface area (Å²) in [6.45, 7) is 8.62. The van der Waals surface area contributed by atoms with Gasteiger partial charge in [-0.25, -0.2) is 9.18 Å². The Morgan fingerprint density at radius 1 is 1.08 bits per heavy atom. The van der Waals surface area contributed by atoms with Crippen molar-refractivity contribution in [1.82, 2.24) is 4.90 Å². The highest BCUT2D eigenvalue weighted by Gasteiger charge is 2.34. The van der Waals surface area contributed by atoms with Crippen LogP contribution < -0.4 is 4.74 Å². The number of likely N-dealkylation sites (tertiary alicyclic amines) is 1. The maximum Gasteiger partial charge on any atom is 0.409 e. The van der Waals surface area contributed by atoms with Crippen LogP contribution in [0.15, 0.2) is 60.7 Å². The smallest absolute Gasteiger partial charge is 0.409 e. The van der Waals surface area contributed by atoms with Gasteiger partial charge in [-0.2, -0.15) is 0 Å². The second kappa shape index (κ2) is 12.7. The van der Waals surface area contributed by atoms with Crippen LogP contribution in [0.2, 0.25) is 25.7 Å². The molecule has 1 aliphatic heterocycles. The molecule has 1 heterocycles. The van der Waals surface area contributed by atoms with Crippen molar-refractivity contribution in [3.63, 3.8) is 0 Å². The number of hydrogen-bond acceptors (Lipinski definition) is 5. The predicted octanol–water partition coefficient (Wildman–Crippen LogP) is 6.20. The Bertz CT molecular complexity index is 1210. The predicted molar refractivity (Wildman–Crippen MR) is 150 cm³/mol. The topological polar surface area (TPSA) is 68.2 Å². The van der Waals surface area contributed by atoms with Gasteiger partial charge in [-0.3, -0.25) is 0 Å². The number of benzene rings is 3. The summed E-state index contributed by atoms with van der Waals surface area (Å²) in [7, 11) is -1.31. The fraction of sp³-hybridized carbons (Fsp3) is 0.433. The molecular formula is C30H38FNO5Si. The molecule has 38 heavy (non-hydrogen) atoms. The third kappa shape index (κ3) is 7.55. The first-order valence-electron chi connectivity index (χ1n) is 13.3. The Hall–Kier alpha value is -2.94. The van der Waals surface area contributed by atoms with E-state index in [2.05, 4.69) is 25.7 Å². The van der Waals surface area contributed by atoms with Crippen molar-refractivity contribution in [2.24, 2.45) is 0 Å². The van der Waals surface area contributed by atoms with Gasteiger partial charge in [0.1, 0.15) is 18.2 Å². The molecule has 8 heteroatoms. The molecule has 1 amide bonds. The van der Waals surface area contributed by atoms with Gasteiger partial charge in [-0.15, -0.1) is 0 Å². The lowest BCUT2D eigenvalue weighted by Crippen LogP contribution is -2.47. The average Bonchev–Trinajstić information content (AvgIpc) is 2.90. The summed E-state index contributed by atoms with van der Waals surface area (Å²) in [6, 6.07) is 19.4. The van der Waals surface area contributed by atoms with E-state index < -0.39 is 8.07 Å². The quantitative estimate of drug-likeness (QED) is 0.311. The molecule has 2 atom stereocenters. The zero-order valence-electron chi connectivity index (χ0n) is 22.5. The van der Waals surface area contributed by atoms with Crippen LogP contribution in [-0.4, -0.2) is 63.2 Å². The van der Waals surface area contributed by atoms with Gasteiger partial charge in [0.05, 0.1) is 32.5 Å². The molecular weight excluding hydrogens is 501 g/mol. The van der Waals surface area contributed by atoms with Crippen LogP contribution in [0.5, 0.6) is 5.75 Å². The molecule has 1 fully saturated rings. The monoisotopic (exact) mass is 539 g/mol. The molecule has 1 aliphatic rings. The van der Waals surface area contributed by atoms with Gasteiger partial charge < -0.3 is 24.2 Å². The van der Waals surface area contributed by atoms with Crippen LogP contribution >= 0.6 is 0 Å². The van der Waals surface area contributed by atoms with Crippen LogP contribution in [0, 0.1) is 5.82 Å². The normalized spacial score (nSPS) is 18.0. The van der Waals surface area contributed by atoms with E-state index in [9.17, 15) is 14.3 Å². The number of carbonyl (C=O) groups is 1. The molecule has 0 spiro atoms. The van der Waals surface area contributed by atoms with Crippen molar-refractivity contribution in [1.29, 1.82) is 0 Å². The van der Waals surface area contributed by atoms with Crippen LogP contribution in [0.4, 0.5) is 9.18 Å². The molecule has 6 nitrogen and oxygen atoms in total. The zero-order valence-corrected chi connectivity index (χ0v) is 23.5. The Kier molecular flexibility index (Phi) is 9.41. The molecule has 0 aliphatic carbocycles. The lowest BCUT2D eigenvalue weighted by atomic mass is 9.87. The number of hydrogen-bond donors (Lipinski definition) is 1. The van der Waals surface area contributed by atoms with Crippen molar-refractivity contribution in [3.05, 3.63) is 77.6 Å². The fourth-order valence-corrected chi connectivity index (χ4v) is 5.49. The van der Waals surface area contributed by atoms with E-state index in [1.807, 2.05) is 30.3 Å². The van der Waals surface area contributed by atoms with E-state index in [-0.39, 0.29) is 37.1 Å². The maximum atomic E-state index is 13.6. The highest BCUT2D eigenvalue weighted by atomic mass is 28.3. The van der Waals surface area contributed by atoms with E-state index in [4.69, 9.17) is 14.2 Å². The number of piperidine rings is 1. The van der Waals surface area contributed by atoms with E-state index in [1.165, 1.54) is 12.1 Å². The van der Waals surface area contributed by atoms with Gasteiger partial charge in [0.25, 0.3) is 0 Å². The molecule has 4 rings (SSSR count). The van der Waals surface area contributed by atoms with Gasteiger partial charge in [0.15, 0.2) is 0 Å². The number of ether oxygens (including phenoxy) is 3. The van der Waals surface area contributed by atoms with E-state index >= 15 is 0 Å². The standard InChI is InChI=1S/C30H38FNO5Si/c1-38(2,3)17-16-36-30(34)32-13-12-27(23-8-10-25(31)11-9-23)29(20-32)37-21-22-18-24-6-4-5-7-26(24)28(19-22)35-15-14-33/h4-11,18-19,27,29,33H,12-17,20-21H2,1-3H3. The van der Waals surface area contributed by atoms with Crippen molar-refractivity contribution >= 4 is 24.9 Å². The molecule has 3 aromatic rings. The van der Waals surface area contributed by atoms with Gasteiger partial charge in [-0.1, -0.05) is 56.0 Å². The SMILES string of the molecule is C[Si](C)(C)CCOC(=O)N1CCC(c2ccc(F)cc2)C(OCc2cc(OCCO)c3ccccc3c2)C1. The van der Waals surface area contributed by atoms with E-state index in [0.29, 0.717) is 38.5 Å². The van der Waals surface area contributed by atoms with Crippen LogP contribution in [0.1, 0.15) is 23.5 Å². The first kappa shape index (κ1) is 28.1. The molecule has 204 valence electrons. The molecule has 0 saturated carbocycles. The minimum atomic E-state index is -1.31. The lowest BCUT2D eigenvalue weighted by Gasteiger charge is -2.38. The van der Waals surface area contributed by atoms with Gasteiger partial charge in [0.2, 0.25) is 0 Å². The Morgan fingerprint density at radius 3 is 2.58 bits per heavy atom. The Morgan fingerprint density at radius 2 is 1.84 bits per heavy atom. The summed E-state index contributed by atoms with van der Waals surface area (Å²) in [5.74, 6) is 0.440.